The lowest BCUT2D eigenvalue weighted by Gasteiger charge is -2.33. The third kappa shape index (κ3) is 3.36. The Morgan fingerprint density at radius 1 is 1.45 bits per heavy atom. The fourth-order valence-electron chi connectivity index (χ4n) is 2.25. The number of hydrogen-bond acceptors (Lipinski definition) is 4. The zero-order valence-electron chi connectivity index (χ0n) is 10.9. The number of alkyl halides is 3. The summed E-state index contributed by atoms with van der Waals surface area (Å²) in [6.45, 7) is 2.12. The molecule has 1 saturated heterocycles. The lowest BCUT2D eigenvalue weighted by molar-refractivity contribution is -0.176. The van der Waals surface area contributed by atoms with Crippen LogP contribution in [0.5, 0.6) is 0 Å². The average Bonchev–Trinajstić information content (AvgIpc) is 2.37. The van der Waals surface area contributed by atoms with Crippen molar-refractivity contribution < 1.29 is 13.2 Å². The standard InChI is InChI=1S/C12H15F3N4S/c1-7-5-9(10(16)20)18-11(17-7)19-4-2-3-8(6-19)12(13,14)15/h5,8H,2-4,6H2,1H3,(H2,16,20). The molecule has 4 nitrogen and oxygen atoms in total. The fraction of sp³-hybridized carbons (Fsp3) is 0.583. The van der Waals surface area contributed by atoms with E-state index >= 15 is 0 Å². The highest BCUT2D eigenvalue weighted by molar-refractivity contribution is 7.80. The van der Waals surface area contributed by atoms with Gasteiger partial charge in [-0.05, 0) is 25.8 Å². The summed E-state index contributed by atoms with van der Waals surface area (Å²) in [5, 5.41) is 0. The summed E-state index contributed by atoms with van der Waals surface area (Å²) in [6.07, 6.45) is -3.58. The molecule has 0 saturated carbocycles. The molecule has 0 aromatic carbocycles. The van der Waals surface area contributed by atoms with E-state index in [1.165, 1.54) is 0 Å². The summed E-state index contributed by atoms with van der Waals surface area (Å²) in [6, 6.07) is 1.62. The molecule has 0 spiro atoms. The van der Waals surface area contributed by atoms with Crippen molar-refractivity contribution in [2.75, 3.05) is 18.0 Å². The van der Waals surface area contributed by atoms with Gasteiger partial charge in [-0.3, -0.25) is 0 Å². The van der Waals surface area contributed by atoms with E-state index in [0.717, 1.165) is 0 Å². The van der Waals surface area contributed by atoms with Gasteiger partial charge in [0.25, 0.3) is 0 Å². The Morgan fingerprint density at radius 2 is 2.15 bits per heavy atom. The van der Waals surface area contributed by atoms with Crippen LogP contribution in [0.25, 0.3) is 0 Å². The Bertz CT molecular complexity index is 518. The van der Waals surface area contributed by atoms with E-state index in [-0.39, 0.29) is 23.9 Å². The minimum atomic E-state index is -4.19. The summed E-state index contributed by atoms with van der Waals surface area (Å²) in [4.78, 5) is 10.0. The van der Waals surface area contributed by atoms with Crippen molar-refractivity contribution in [3.05, 3.63) is 17.5 Å². The molecule has 0 bridgehead atoms. The minimum Gasteiger partial charge on any atom is -0.388 e. The van der Waals surface area contributed by atoms with Crippen molar-refractivity contribution in [1.82, 2.24) is 9.97 Å². The molecule has 2 heterocycles. The molecule has 1 aromatic heterocycles. The normalized spacial score (nSPS) is 20.0. The second-order valence-electron chi connectivity index (χ2n) is 4.89. The number of aromatic nitrogens is 2. The van der Waals surface area contributed by atoms with E-state index in [2.05, 4.69) is 9.97 Å². The molecule has 2 rings (SSSR count). The number of halogens is 3. The lowest BCUT2D eigenvalue weighted by Crippen LogP contribution is -2.42. The maximum Gasteiger partial charge on any atom is 0.393 e. The Labute approximate surface area is 120 Å². The highest BCUT2D eigenvalue weighted by Gasteiger charge is 2.42. The van der Waals surface area contributed by atoms with Crippen molar-refractivity contribution in [2.24, 2.45) is 11.7 Å². The molecule has 20 heavy (non-hydrogen) atoms. The smallest absolute Gasteiger partial charge is 0.388 e. The molecule has 8 heteroatoms. The van der Waals surface area contributed by atoms with Gasteiger partial charge >= 0.3 is 6.18 Å². The van der Waals surface area contributed by atoms with E-state index < -0.39 is 12.1 Å². The highest BCUT2D eigenvalue weighted by Crippen LogP contribution is 2.34. The molecule has 1 atom stereocenters. The first-order chi connectivity index (χ1) is 9.27. The van der Waals surface area contributed by atoms with Crippen molar-refractivity contribution in [3.8, 4) is 0 Å². The number of rotatable bonds is 2. The number of nitrogens with zero attached hydrogens (tertiary/aromatic N) is 3. The Morgan fingerprint density at radius 3 is 2.75 bits per heavy atom. The second-order valence-corrected chi connectivity index (χ2v) is 5.33. The van der Waals surface area contributed by atoms with Crippen molar-refractivity contribution in [1.29, 1.82) is 0 Å². The topological polar surface area (TPSA) is 55.0 Å². The van der Waals surface area contributed by atoms with Crippen LogP contribution in [-0.4, -0.2) is 34.2 Å². The van der Waals surface area contributed by atoms with Crippen LogP contribution in [-0.2, 0) is 0 Å². The number of hydrogen-bond donors (Lipinski definition) is 1. The van der Waals surface area contributed by atoms with Crippen LogP contribution < -0.4 is 10.6 Å². The number of anilines is 1. The van der Waals surface area contributed by atoms with Crippen LogP contribution in [0.15, 0.2) is 6.07 Å². The van der Waals surface area contributed by atoms with Gasteiger partial charge in [0.1, 0.15) is 10.7 Å². The van der Waals surface area contributed by atoms with Gasteiger partial charge in [0.2, 0.25) is 5.95 Å². The first-order valence-corrected chi connectivity index (χ1v) is 6.65. The van der Waals surface area contributed by atoms with Gasteiger partial charge in [0.15, 0.2) is 0 Å². The zero-order valence-corrected chi connectivity index (χ0v) is 11.8. The van der Waals surface area contributed by atoms with E-state index in [0.29, 0.717) is 24.4 Å². The predicted octanol–water partition coefficient (Wildman–Crippen LogP) is 2.20. The van der Waals surface area contributed by atoms with Crippen LogP contribution >= 0.6 is 12.2 Å². The van der Waals surface area contributed by atoms with Crippen LogP contribution in [0.4, 0.5) is 19.1 Å². The predicted molar refractivity (Wildman–Crippen MR) is 73.6 cm³/mol. The second kappa shape index (κ2) is 5.51. The number of nitrogens with two attached hydrogens (primary N) is 1. The van der Waals surface area contributed by atoms with E-state index in [9.17, 15) is 13.2 Å². The molecule has 1 aromatic rings. The van der Waals surface area contributed by atoms with Gasteiger partial charge in [-0.2, -0.15) is 13.2 Å². The molecule has 110 valence electrons. The van der Waals surface area contributed by atoms with Gasteiger partial charge in [0, 0.05) is 18.8 Å². The van der Waals surface area contributed by atoms with E-state index in [1.807, 2.05) is 0 Å². The number of aryl methyl sites for hydroxylation is 1. The quantitative estimate of drug-likeness (QED) is 0.849. The molecule has 1 fully saturated rings. The van der Waals surface area contributed by atoms with Gasteiger partial charge < -0.3 is 10.6 Å². The molecule has 1 aliphatic heterocycles. The zero-order chi connectivity index (χ0) is 14.9. The third-order valence-corrected chi connectivity index (χ3v) is 3.47. The minimum absolute atomic E-state index is 0.112. The highest BCUT2D eigenvalue weighted by atomic mass is 32.1. The summed E-state index contributed by atoms with van der Waals surface area (Å²) in [5.74, 6) is -1.07. The van der Waals surface area contributed by atoms with Gasteiger partial charge in [-0.15, -0.1) is 0 Å². The van der Waals surface area contributed by atoms with Gasteiger partial charge in [-0.25, -0.2) is 9.97 Å². The average molecular weight is 304 g/mol. The molecule has 1 unspecified atom stereocenters. The summed E-state index contributed by atoms with van der Waals surface area (Å²) in [7, 11) is 0. The molecule has 0 amide bonds. The number of piperidine rings is 1. The Hall–Kier alpha value is -1.44. The monoisotopic (exact) mass is 304 g/mol. The van der Waals surface area contributed by atoms with Crippen molar-refractivity contribution in [3.63, 3.8) is 0 Å². The fourth-order valence-corrected chi connectivity index (χ4v) is 2.35. The first-order valence-electron chi connectivity index (χ1n) is 6.24. The molecule has 0 aliphatic carbocycles. The van der Waals surface area contributed by atoms with Crippen LogP contribution in [0.1, 0.15) is 24.2 Å². The van der Waals surface area contributed by atoms with Crippen LogP contribution in [0.3, 0.4) is 0 Å². The van der Waals surface area contributed by atoms with Crippen LogP contribution in [0, 0.1) is 12.8 Å². The SMILES string of the molecule is Cc1cc(C(N)=S)nc(N2CCCC(C(F)(F)F)C2)n1. The van der Waals surface area contributed by atoms with Crippen molar-refractivity contribution in [2.45, 2.75) is 25.9 Å². The summed E-state index contributed by atoms with van der Waals surface area (Å²) in [5.41, 5.74) is 6.54. The van der Waals surface area contributed by atoms with Crippen molar-refractivity contribution >= 4 is 23.2 Å². The Kier molecular flexibility index (Phi) is 4.12. The molecule has 2 N–H and O–H groups in total. The third-order valence-electron chi connectivity index (χ3n) is 3.26. The summed E-state index contributed by atoms with van der Waals surface area (Å²) >= 11 is 4.85. The van der Waals surface area contributed by atoms with Crippen LogP contribution in [0.2, 0.25) is 0 Å². The maximum absolute atomic E-state index is 12.8. The lowest BCUT2D eigenvalue weighted by atomic mass is 9.98. The van der Waals surface area contributed by atoms with E-state index in [1.54, 1.807) is 17.9 Å². The van der Waals surface area contributed by atoms with Gasteiger partial charge in [-0.1, -0.05) is 12.2 Å². The molecular formula is C12H15F3N4S. The summed E-state index contributed by atoms with van der Waals surface area (Å²) < 4.78 is 38.4. The van der Waals surface area contributed by atoms with Gasteiger partial charge in [0.05, 0.1) is 5.92 Å². The number of thiocarbonyl (C=S) groups is 1. The molecule has 1 aliphatic rings. The molecular weight excluding hydrogens is 289 g/mol. The first kappa shape index (κ1) is 15.0. The largest absolute Gasteiger partial charge is 0.393 e. The molecule has 0 radical (unpaired) electrons. The maximum atomic E-state index is 12.8. The Balaban J connectivity index is 2.25. The van der Waals surface area contributed by atoms with E-state index in [4.69, 9.17) is 18.0 Å².